The molecule has 4 N–H and O–H groups in total. The highest BCUT2D eigenvalue weighted by Gasteiger charge is 2.26. The van der Waals surface area contributed by atoms with E-state index in [2.05, 4.69) is 26.3 Å². The van der Waals surface area contributed by atoms with Gasteiger partial charge in [-0.05, 0) is 105 Å². The van der Waals surface area contributed by atoms with Gasteiger partial charge in [-0.25, -0.2) is 39.1 Å². The van der Waals surface area contributed by atoms with Crippen molar-refractivity contribution < 1.29 is 21.2 Å². The predicted octanol–water partition coefficient (Wildman–Crippen LogP) is 8.50. The lowest BCUT2D eigenvalue weighted by Crippen LogP contribution is -2.23. The Bertz CT molecular complexity index is 3190. The molecule has 0 radical (unpaired) electrons. The number of hydrogen-bond donors (Lipinski definition) is 4. The Hall–Kier alpha value is -5.00. The van der Waals surface area contributed by atoms with Crippen molar-refractivity contribution in [3.05, 3.63) is 130 Å². The Labute approximate surface area is 359 Å². The number of pyridine rings is 2. The standard InChI is InChI=1S/C21H18Cl2N4O2S.C21H18ClFN4O2S/c22-13-2-1-3-16(10-13)30(28,29)27-9-7-17-20(27)18-11-14(23)4-5-19(18)26-21(17)25-15-6-8-24-12-15;22-13-2-1-3-16(10-13)30(28,29)27-9-7-18-20(27)17-5-4-14(23)11-19(17)26-21(18)25-15-6-8-24-12-15/h2*1-5,7,9-11,15,24H,6,8,12H2,(H,25,26). The molecule has 4 aromatic carbocycles. The van der Waals surface area contributed by atoms with Crippen molar-refractivity contribution in [1.29, 1.82) is 0 Å². The first-order valence-electron chi connectivity index (χ1n) is 19.0. The highest BCUT2D eigenvalue weighted by Crippen LogP contribution is 2.36. The minimum Gasteiger partial charge on any atom is -0.365 e. The third-order valence-electron chi connectivity index (χ3n) is 10.6. The highest BCUT2D eigenvalue weighted by atomic mass is 35.5. The van der Waals surface area contributed by atoms with Crippen LogP contribution in [0.25, 0.3) is 43.6 Å². The lowest BCUT2D eigenvalue weighted by molar-refractivity contribution is 0.587. The topological polar surface area (TPSA) is 152 Å². The monoisotopic (exact) mass is 904 g/mol. The van der Waals surface area contributed by atoms with Crippen molar-refractivity contribution in [2.75, 3.05) is 36.8 Å². The summed E-state index contributed by atoms with van der Waals surface area (Å²) in [5.74, 6) is 0.768. The van der Waals surface area contributed by atoms with Crippen molar-refractivity contribution in [3.8, 4) is 0 Å². The summed E-state index contributed by atoms with van der Waals surface area (Å²) >= 11 is 18.3. The van der Waals surface area contributed by atoms with E-state index in [4.69, 9.17) is 39.8 Å². The Kier molecular flexibility index (Phi) is 10.9. The minimum absolute atomic E-state index is 0.0778. The normalized spacial score (nSPS) is 17.1. The molecule has 0 amide bonds. The average molecular weight is 906 g/mol. The van der Waals surface area contributed by atoms with Gasteiger partial charge in [-0.1, -0.05) is 46.9 Å². The maximum Gasteiger partial charge on any atom is 0.268 e. The second kappa shape index (κ2) is 16.1. The quantitative estimate of drug-likeness (QED) is 0.117. The molecule has 0 spiro atoms. The van der Waals surface area contributed by atoms with Gasteiger partial charge in [0.2, 0.25) is 0 Å². The fraction of sp³-hybridized carbons (Fsp3) is 0.190. The zero-order valence-electron chi connectivity index (χ0n) is 31.5. The zero-order chi connectivity index (χ0) is 41.8. The summed E-state index contributed by atoms with van der Waals surface area (Å²) < 4.78 is 70.2. The number of rotatable bonds is 8. The lowest BCUT2D eigenvalue weighted by atomic mass is 10.1. The van der Waals surface area contributed by atoms with Crippen molar-refractivity contribution in [2.24, 2.45) is 0 Å². The second-order valence-electron chi connectivity index (χ2n) is 14.6. The summed E-state index contributed by atoms with van der Waals surface area (Å²) in [6.45, 7) is 3.45. The molecule has 2 unspecified atom stereocenters. The summed E-state index contributed by atoms with van der Waals surface area (Å²) in [6.07, 6.45) is 4.96. The second-order valence-corrected chi connectivity index (χ2v) is 19.5. The molecule has 10 rings (SSSR count). The van der Waals surface area contributed by atoms with Gasteiger partial charge in [0, 0.05) is 80.2 Å². The molecule has 4 aromatic heterocycles. The summed E-state index contributed by atoms with van der Waals surface area (Å²) in [6, 6.07) is 25.8. The molecular formula is C42H36Cl3FN8O4S2. The minimum atomic E-state index is -3.92. The van der Waals surface area contributed by atoms with Crippen molar-refractivity contribution in [1.82, 2.24) is 28.5 Å². The molecular weight excluding hydrogens is 870 g/mol. The first kappa shape index (κ1) is 40.4. The van der Waals surface area contributed by atoms with Crippen LogP contribution in [0.1, 0.15) is 12.8 Å². The van der Waals surface area contributed by atoms with Crippen molar-refractivity contribution in [3.63, 3.8) is 0 Å². The van der Waals surface area contributed by atoms with Crippen LogP contribution in [-0.4, -0.2) is 73.0 Å². The number of nitrogens with zero attached hydrogens (tertiary/aromatic N) is 4. The van der Waals surface area contributed by atoms with E-state index in [1.165, 1.54) is 50.5 Å². The van der Waals surface area contributed by atoms with Crippen LogP contribution in [0.3, 0.4) is 0 Å². The van der Waals surface area contributed by atoms with Crippen molar-refractivity contribution in [2.45, 2.75) is 34.7 Å². The number of hydrogen-bond acceptors (Lipinski definition) is 10. The van der Waals surface area contributed by atoms with Crippen molar-refractivity contribution >= 4 is 110 Å². The Morgan fingerprint density at radius 2 is 1.10 bits per heavy atom. The van der Waals surface area contributed by atoms with E-state index in [-0.39, 0.29) is 21.9 Å². The van der Waals surface area contributed by atoms with E-state index in [1.807, 2.05) is 0 Å². The predicted molar refractivity (Wildman–Crippen MR) is 237 cm³/mol. The van der Waals surface area contributed by atoms with Gasteiger partial charge >= 0.3 is 0 Å². The van der Waals surface area contributed by atoms with Crippen LogP contribution >= 0.6 is 34.8 Å². The van der Waals surface area contributed by atoms with Gasteiger partial charge in [-0.15, -0.1) is 0 Å². The Balaban J connectivity index is 0.000000154. The summed E-state index contributed by atoms with van der Waals surface area (Å²) in [4.78, 5) is 9.56. The summed E-state index contributed by atoms with van der Waals surface area (Å²) in [7, 11) is -7.79. The van der Waals surface area contributed by atoms with Crippen LogP contribution in [0.4, 0.5) is 16.0 Å². The SMILES string of the molecule is O=S(=O)(c1cccc(Cl)c1)n1ccc2c(NC3CCNC3)nc3cc(F)ccc3c21.O=S(=O)(c1cccc(Cl)c1)n1ccc2c(NC3CCNC3)nc3ccc(Cl)cc3c21. The molecule has 308 valence electrons. The van der Waals surface area contributed by atoms with Crippen LogP contribution in [-0.2, 0) is 20.0 Å². The lowest BCUT2D eigenvalue weighted by Gasteiger charge is -2.15. The molecule has 6 heterocycles. The third kappa shape index (κ3) is 7.64. The molecule has 60 heavy (non-hydrogen) atoms. The van der Waals surface area contributed by atoms with Crippen LogP contribution in [0, 0.1) is 5.82 Å². The third-order valence-corrected chi connectivity index (χ3v) is 14.7. The number of fused-ring (bicyclic) bond motifs is 6. The summed E-state index contributed by atoms with van der Waals surface area (Å²) in [5.41, 5.74) is 2.04. The van der Waals surface area contributed by atoms with Gasteiger partial charge in [0.25, 0.3) is 20.0 Å². The van der Waals surface area contributed by atoms with Gasteiger partial charge < -0.3 is 21.3 Å². The Morgan fingerprint density at radius 1 is 0.583 bits per heavy atom. The van der Waals surface area contributed by atoms with Gasteiger partial charge in [0.15, 0.2) is 0 Å². The molecule has 2 aliphatic heterocycles. The molecule has 2 atom stereocenters. The molecule has 2 saturated heterocycles. The van der Waals surface area contributed by atoms with Crippen LogP contribution < -0.4 is 21.3 Å². The van der Waals surface area contributed by atoms with Gasteiger partial charge in [0.05, 0.1) is 31.9 Å². The van der Waals surface area contributed by atoms with E-state index in [9.17, 15) is 21.2 Å². The molecule has 18 heteroatoms. The van der Waals surface area contributed by atoms with Crippen LogP contribution in [0.15, 0.2) is 119 Å². The molecule has 2 fully saturated rings. The molecule has 0 aliphatic carbocycles. The molecule has 0 bridgehead atoms. The van der Waals surface area contributed by atoms with E-state index in [1.54, 1.807) is 66.9 Å². The van der Waals surface area contributed by atoms with Crippen LogP contribution in [0.2, 0.25) is 15.1 Å². The first-order valence-corrected chi connectivity index (χ1v) is 23.1. The molecule has 0 saturated carbocycles. The van der Waals surface area contributed by atoms with E-state index in [0.717, 1.165) is 44.4 Å². The smallest absolute Gasteiger partial charge is 0.268 e. The number of benzene rings is 4. The first-order chi connectivity index (χ1) is 28.9. The van der Waals surface area contributed by atoms with Gasteiger partial charge in [0.1, 0.15) is 17.5 Å². The maximum atomic E-state index is 13.9. The zero-order valence-corrected chi connectivity index (χ0v) is 35.4. The fourth-order valence-electron chi connectivity index (χ4n) is 7.74. The highest BCUT2D eigenvalue weighted by molar-refractivity contribution is 7.90. The molecule has 8 aromatic rings. The summed E-state index contributed by atoms with van der Waals surface area (Å²) in [5, 5.41) is 17.3. The number of halogens is 4. The van der Waals surface area contributed by atoms with Gasteiger partial charge in [-0.2, -0.15) is 0 Å². The van der Waals surface area contributed by atoms with Crippen LogP contribution in [0.5, 0.6) is 0 Å². The van der Waals surface area contributed by atoms with E-state index >= 15 is 0 Å². The number of nitrogens with one attached hydrogen (secondary N) is 4. The van der Waals surface area contributed by atoms with Gasteiger partial charge in [-0.3, -0.25) is 0 Å². The maximum absolute atomic E-state index is 13.9. The number of aromatic nitrogens is 4. The largest absolute Gasteiger partial charge is 0.365 e. The molecule has 2 aliphatic rings. The van der Waals surface area contributed by atoms with E-state index in [0.29, 0.717) is 64.9 Å². The van der Waals surface area contributed by atoms with E-state index < -0.39 is 25.9 Å². The Morgan fingerprint density at radius 3 is 1.62 bits per heavy atom. The molecule has 12 nitrogen and oxygen atoms in total. The fourth-order valence-corrected chi connectivity index (χ4v) is 11.2. The average Bonchev–Trinajstić information content (AvgIpc) is 4.07. The number of anilines is 2.